The molecule has 16 heavy (non-hydrogen) atoms. The second-order valence-electron chi connectivity index (χ2n) is 4.39. The number of likely N-dealkylation sites (N-methyl/N-ethyl adjacent to an activating group) is 2. The zero-order chi connectivity index (χ0) is 12.6. The van der Waals surface area contributed by atoms with Gasteiger partial charge in [-0.05, 0) is 27.4 Å². The summed E-state index contributed by atoms with van der Waals surface area (Å²) in [6, 6.07) is 1.21. The second kappa shape index (κ2) is 8.97. The van der Waals surface area contributed by atoms with E-state index in [-0.39, 0.29) is 0 Å². The van der Waals surface area contributed by atoms with Crippen molar-refractivity contribution in [3.63, 3.8) is 0 Å². The van der Waals surface area contributed by atoms with Crippen molar-refractivity contribution in [2.75, 3.05) is 39.9 Å². The van der Waals surface area contributed by atoms with Crippen molar-refractivity contribution in [2.24, 2.45) is 0 Å². The van der Waals surface area contributed by atoms with Crippen LogP contribution in [0.1, 0.15) is 34.6 Å². The van der Waals surface area contributed by atoms with Gasteiger partial charge in [0.25, 0.3) is 0 Å². The van der Waals surface area contributed by atoms with Gasteiger partial charge in [-0.1, -0.05) is 20.8 Å². The molecule has 1 heterocycles. The van der Waals surface area contributed by atoms with Gasteiger partial charge in [-0.25, -0.2) is 0 Å². The third kappa shape index (κ3) is 5.28. The van der Waals surface area contributed by atoms with Crippen molar-refractivity contribution in [3.05, 3.63) is 0 Å². The van der Waals surface area contributed by atoms with Crippen molar-refractivity contribution in [2.45, 2.75) is 46.7 Å². The second-order valence-corrected chi connectivity index (χ2v) is 4.39. The third-order valence-corrected chi connectivity index (χ3v) is 3.14. The Morgan fingerprint density at radius 2 is 2.00 bits per heavy atom. The SMILES string of the molecule is CC.CCN1CCOCC1CN(C)C(C)C. The van der Waals surface area contributed by atoms with Gasteiger partial charge in [0, 0.05) is 25.2 Å². The molecule has 3 nitrogen and oxygen atoms in total. The molecule has 1 fully saturated rings. The molecule has 1 saturated heterocycles. The topological polar surface area (TPSA) is 15.7 Å². The zero-order valence-electron chi connectivity index (χ0n) is 12.0. The maximum Gasteiger partial charge on any atom is 0.0634 e. The molecule has 0 saturated carbocycles. The molecule has 0 aromatic rings. The fraction of sp³-hybridized carbons (Fsp3) is 1.00. The van der Waals surface area contributed by atoms with Crippen molar-refractivity contribution in [3.8, 4) is 0 Å². The van der Waals surface area contributed by atoms with Crippen molar-refractivity contribution < 1.29 is 4.74 Å². The maximum absolute atomic E-state index is 5.53. The van der Waals surface area contributed by atoms with Gasteiger partial charge >= 0.3 is 0 Å². The number of nitrogens with zero attached hydrogens (tertiary/aromatic N) is 2. The van der Waals surface area contributed by atoms with E-state index in [1.165, 1.54) is 0 Å². The Hall–Kier alpha value is -0.120. The summed E-state index contributed by atoms with van der Waals surface area (Å²) in [6.45, 7) is 15.8. The summed E-state index contributed by atoms with van der Waals surface area (Å²) < 4.78 is 5.53. The molecule has 1 aliphatic rings. The summed E-state index contributed by atoms with van der Waals surface area (Å²) in [7, 11) is 2.19. The minimum absolute atomic E-state index is 0.584. The first kappa shape index (κ1) is 15.9. The van der Waals surface area contributed by atoms with Gasteiger partial charge in [-0.3, -0.25) is 4.90 Å². The van der Waals surface area contributed by atoms with Crippen LogP contribution in [0.3, 0.4) is 0 Å². The van der Waals surface area contributed by atoms with Crippen molar-refractivity contribution in [1.82, 2.24) is 9.80 Å². The number of hydrogen-bond donors (Lipinski definition) is 0. The van der Waals surface area contributed by atoms with E-state index in [0.29, 0.717) is 12.1 Å². The minimum Gasteiger partial charge on any atom is -0.378 e. The van der Waals surface area contributed by atoms with Crippen molar-refractivity contribution >= 4 is 0 Å². The Kier molecular flexibility index (Phi) is 8.90. The summed E-state index contributed by atoms with van der Waals surface area (Å²) in [6.07, 6.45) is 0. The summed E-state index contributed by atoms with van der Waals surface area (Å²) in [5, 5.41) is 0. The Morgan fingerprint density at radius 3 is 2.50 bits per heavy atom. The largest absolute Gasteiger partial charge is 0.378 e. The predicted molar refractivity (Wildman–Crippen MR) is 71.0 cm³/mol. The maximum atomic E-state index is 5.53. The highest BCUT2D eigenvalue weighted by Crippen LogP contribution is 2.08. The molecule has 0 aromatic heterocycles. The highest BCUT2D eigenvalue weighted by atomic mass is 16.5. The molecule has 3 heteroatoms. The normalized spacial score (nSPS) is 22.1. The predicted octanol–water partition coefficient (Wildman–Crippen LogP) is 2.07. The molecule has 98 valence electrons. The molecule has 0 spiro atoms. The molecule has 0 radical (unpaired) electrons. The molecule has 0 amide bonds. The van der Waals surface area contributed by atoms with Crippen LogP contribution in [0.15, 0.2) is 0 Å². The molecule has 0 N–H and O–H groups in total. The van der Waals surface area contributed by atoms with E-state index in [1.54, 1.807) is 0 Å². The number of morpholine rings is 1. The molecule has 1 aliphatic heterocycles. The van der Waals surface area contributed by atoms with Crippen LogP contribution >= 0.6 is 0 Å². The van der Waals surface area contributed by atoms with Gasteiger partial charge in [-0.15, -0.1) is 0 Å². The highest BCUT2D eigenvalue weighted by Gasteiger charge is 2.23. The van der Waals surface area contributed by atoms with E-state index in [9.17, 15) is 0 Å². The van der Waals surface area contributed by atoms with Crippen LogP contribution in [0.4, 0.5) is 0 Å². The van der Waals surface area contributed by atoms with E-state index in [2.05, 4.69) is 37.6 Å². The van der Waals surface area contributed by atoms with E-state index in [1.807, 2.05) is 13.8 Å². The molecule has 1 unspecified atom stereocenters. The highest BCUT2D eigenvalue weighted by molar-refractivity contribution is 4.77. The lowest BCUT2D eigenvalue weighted by Gasteiger charge is -2.37. The Labute approximate surface area is 102 Å². The molecule has 0 aromatic carbocycles. The fourth-order valence-electron chi connectivity index (χ4n) is 1.82. The van der Waals surface area contributed by atoms with E-state index >= 15 is 0 Å². The van der Waals surface area contributed by atoms with Crippen molar-refractivity contribution in [1.29, 1.82) is 0 Å². The lowest BCUT2D eigenvalue weighted by molar-refractivity contribution is -0.0175. The first-order valence-corrected chi connectivity index (χ1v) is 6.67. The summed E-state index contributed by atoms with van der Waals surface area (Å²) in [4.78, 5) is 4.91. The molecular weight excluding hydrogens is 200 g/mol. The minimum atomic E-state index is 0.584. The smallest absolute Gasteiger partial charge is 0.0634 e. The monoisotopic (exact) mass is 230 g/mol. The molecule has 1 atom stereocenters. The van der Waals surface area contributed by atoms with Crippen LogP contribution in [0.5, 0.6) is 0 Å². The van der Waals surface area contributed by atoms with Gasteiger partial charge in [-0.2, -0.15) is 0 Å². The van der Waals surface area contributed by atoms with Gasteiger partial charge in [0.1, 0.15) is 0 Å². The summed E-state index contributed by atoms with van der Waals surface area (Å²) >= 11 is 0. The Bertz CT molecular complexity index is 162. The van der Waals surface area contributed by atoms with Gasteiger partial charge in [0.15, 0.2) is 0 Å². The van der Waals surface area contributed by atoms with E-state index in [4.69, 9.17) is 4.74 Å². The number of rotatable bonds is 4. The lowest BCUT2D eigenvalue weighted by Crippen LogP contribution is -2.51. The first-order valence-electron chi connectivity index (χ1n) is 6.67. The van der Waals surface area contributed by atoms with Crippen LogP contribution in [-0.4, -0.2) is 61.8 Å². The van der Waals surface area contributed by atoms with Crippen LogP contribution in [0, 0.1) is 0 Å². The van der Waals surface area contributed by atoms with Crippen LogP contribution < -0.4 is 0 Å². The fourth-order valence-corrected chi connectivity index (χ4v) is 1.82. The molecule has 0 aliphatic carbocycles. The quantitative estimate of drug-likeness (QED) is 0.735. The van der Waals surface area contributed by atoms with Gasteiger partial charge in [0.05, 0.1) is 13.2 Å². The third-order valence-electron chi connectivity index (χ3n) is 3.14. The standard InChI is InChI=1S/C11H24N2O.C2H6/c1-5-13-6-7-14-9-11(13)8-12(4)10(2)3;1-2/h10-11H,5-9H2,1-4H3;1-2H3. The van der Waals surface area contributed by atoms with E-state index < -0.39 is 0 Å². The lowest BCUT2D eigenvalue weighted by atomic mass is 10.2. The number of ether oxygens (including phenoxy) is 1. The van der Waals surface area contributed by atoms with Gasteiger partial charge in [0.2, 0.25) is 0 Å². The van der Waals surface area contributed by atoms with Gasteiger partial charge < -0.3 is 9.64 Å². The summed E-state index contributed by atoms with van der Waals surface area (Å²) in [5.41, 5.74) is 0. The van der Waals surface area contributed by atoms with Crippen LogP contribution in [-0.2, 0) is 4.74 Å². The number of hydrogen-bond acceptors (Lipinski definition) is 3. The Morgan fingerprint density at radius 1 is 1.38 bits per heavy atom. The van der Waals surface area contributed by atoms with E-state index in [0.717, 1.165) is 32.8 Å². The first-order chi connectivity index (χ1) is 7.65. The molecular formula is C13H30N2O. The molecule has 1 rings (SSSR count). The average Bonchev–Trinajstić information content (AvgIpc) is 2.32. The molecule has 0 bridgehead atoms. The summed E-state index contributed by atoms with van der Waals surface area (Å²) in [5.74, 6) is 0. The Balaban J connectivity index is 0.00000106. The van der Waals surface area contributed by atoms with Crippen LogP contribution in [0.25, 0.3) is 0 Å². The average molecular weight is 230 g/mol. The van der Waals surface area contributed by atoms with Crippen LogP contribution in [0.2, 0.25) is 0 Å². The zero-order valence-corrected chi connectivity index (χ0v) is 12.0.